The molecular formula is C18H33N7O7. The molecule has 0 aliphatic heterocycles. The first kappa shape index (κ1) is 28.6. The maximum Gasteiger partial charge on any atom is 0.326 e. The SMILES string of the molecule is CC(C)CC(NC(=O)CNC(=O)C(N)CCCN=C(N)N)C(=O)NC(CC(=O)O)C(=O)O. The van der Waals surface area contributed by atoms with Gasteiger partial charge in [0.2, 0.25) is 17.7 Å². The van der Waals surface area contributed by atoms with Gasteiger partial charge in [-0.2, -0.15) is 0 Å². The number of nitrogens with two attached hydrogens (primary N) is 3. The highest BCUT2D eigenvalue weighted by Gasteiger charge is 2.28. The lowest BCUT2D eigenvalue weighted by molar-refractivity contribution is -0.147. The Hall–Kier alpha value is -3.42. The topological polar surface area (TPSA) is 252 Å². The van der Waals surface area contributed by atoms with Crippen molar-refractivity contribution in [2.45, 2.75) is 57.7 Å². The lowest BCUT2D eigenvalue weighted by Crippen LogP contribution is -2.54. The van der Waals surface area contributed by atoms with Crippen LogP contribution in [0.15, 0.2) is 4.99 Å². The third kappa shape index (κ3) is 13.0. The summed E-state index contributed by atoms with van der Waals surface area (Å²) in [5.74, 6) is -5.17. The molecule has 0 aromatic heterocycles. The van der Waals surface area contributed by atoms with Crippen molar-refractivity contribution in [3.05, 3.63) is 0 Å². The summed E-state index contributed by atoms with van der Waals surface area (Å²) in [6, 6.07) is -3.66. The van der Waals surface area contributed by atoms with Gasteiger partial charge in [0.25, 0.3) is 0 Å². The van der Waals surface area contributed by atoms with E-state index in [2.05, 4.69) is 20.9 Å². The smallest absolute Gasteiger partial charge is 0.326 e. The first-order valence-electron chi connectivity index (χ1n) is 9.96. The molecule has 0 bridgehead atoms. The summed E-state index contributed by atoms with van der Waals surface area (Å²) < 4.78 is 0. The lowest BCUT2D eigenvalue weighted by Gasteiger charge is -2.22. The fourth-order valence-corrected chi connectivity index (χ4v) is 2.54. The van der Waals surface area contributed by atoms with E-state index in [0.29, 0.717) is 13.0 Å². The predicted molar refractivity (Wildman–Crippen MR) is 114 cm³/mol. The second-order valence-corrected chi connectivity index (χ2v) is 7.52. The largest absolute Gasteiger partial charge is 0.481 e. The standard InChI is InChI=1S/C18H33N7O7/c1-9(2)6-11(16(30)25-12(17(31)32)7-14(27)28)24-13(26)8-23-15(29)10(19)4-3-5-22-18(20)21/h9-12H,3-8,19H2,1-2H3,(H,23,29)(H,24,26)(H,25,30)(H,27,28)(H,31,32)(H4,20,21,22). The second-order valence-electron chi connectivity index (χ2n) is 7.52. The monoisotopic (exact) mass is 459 g/mol. The quantitative estimate of drug-likeness (QED) is 0.0702. The van der Waals surface area contributed by atoms with Crippen molar-refractivity contribution in [2.24, 2.45) is 28.1 Å². The number of carbonyl (C=O) groups is 5. The number of rotatable bonds is 15. The molecule has 11 N–H and O–H groups in total. The van der Waals surface area contributed by atoms with Crippen LogP contribution in [0.25, 0.3) is 0 Å². The van der Waals surface area contributed by atoms with Crippen LogP contribution in [0.2, 0.25) is 0 Å². The molecule has 14 nitrogen and oxygen atoms in total. The van der Waals surface area contributed by atoms with Crippen molar-refractivity contribution in [3.63, 3.8) is 0 Å². The molecule has 0 saturated carbocycles. The Kier molecular flexibility index (Phi) is 13.0. The summed E-state index contributed by atoms with van der Waals surface area (Å²) in [5.41, 5.74) is 16.1. The van der Waals surface area contributed by atoms with E-state index in [9.17, 15) is 24.0 Å². The summed E-state index contributed by atoms with van der Waals surface area (Å²) in [6.45, 7) is 3.40. The number of hydrogen-bond acceptors (Lipinski definition) is 7. The molecule has 0 aliphatic carbocycles. The fraction of sp³-hybridized carbons (Fsp3) is 0.667. The molecule has 3 atom stereocenters. The van der Waals surface area contributed by atoms with Crippen molar-refractivity contribution in [2.75, 3.05) is 13.1 Å². The molecule has 0 radical (unpaired) electrons. The molecule has 0 heterocycles. The highest BCUT2D eigenvalue weighted by atomic mass is 16.4. The molecule has 182 valence electrons. The Morgan fingerprint density at radius 3 is 2.09 bits per heavy atom. The van der Waals surface area contributed by atoms with Gasteiger partial charge in [-0.15, -0.1) is 0 Å². The Morgan fingerprint density at radius 1 is 0.969 bits per heavy atom. The average molecular weight is 460 g/mol. The number of carboxylic acid groups (broad SMARTS) is 2. The molecule has 0 fully saturated rings. The van der Waals surface area contributed by atoms with Gasteiger partial charge < -0.3 is 43.4 Å². The Morgan fingerprint density at radius 2 is 1.59 bits per heavy atom. The number of aliphatic imine (C=N–C) groups is 1. The van der Waals surface area contributed by atoms with Crippen LogP contribution in [-0.4, -0.2) is 77.0 Å². The van der Waals surface area contributed by atoms with Crippen LogP contribution in [0.5, 0.6) is 0 Å². The first-order valence-corrected chi connectivity index (χ1v) is 9.96. The molecular weight excluding hydrogens is 426 g/mol. The number of carbonyl (C=O) groups excluding carboxylic acids is 3. The van der Waals surface area contributed by atoms with E-state index in [4.69, 9.17) is 27.4 Å². The van der Waals surface area contributed by atoms with Gasteiger partial charge >= 0.3 is 11.9 Å². The Balaban J connectivity index is 4.78. The van der Waals surface area contributed by atoms with Crippen LogP contribution >= 0.6 is 0 Å². The van der Waals surface area contributed by atoms with Crippen molar-refractivity contribution < 1.29 is 34.2 Å². The number of carboxylic acids is 2. The van der Waals surface area contributed by atoms with Crippen LogP contribution < -0.4 is 33.2 Å². The van der Waals surface area contributed by atoms with E-state index < -0.39 is 60.8 Å². The van der Waals surface area contributed by atoms with E-state index in [1.165, 1.54) is 0 Å². The molecule has 0 spiro atoms. The maximum absolute atomic E-state index is 12.4. The van der Waals surface area contributed by atoms with Gasteiger partial charge in [-0.3, -0.25) is 24.2 Å². The average Bonchev–Trinajstić information content (AvgIpc) is 2.67. The van der Waals surface area contributed by atoms with Gasteiger partial charge in [-0.1, -0.05) is 13.8 Å². The molecule has 0 rings (SSSR count). The number of guanidine groups is 1. The summed E-state index contributed by atoms with van der Waals surface area (Å²) in [7, 11) is 0. The molecule has 14 heteroatoms. The normalized spacial score (nSPS) is 13.4. The van der Waals surface area contributed by atoms with Gasteiger partial charge in [-0.05, 0) is 25.2 Å². The number of nitrogens with zero attached hydrogens (tertiary/aromatic N) is 1. The minimum atomic E-state index is -1.65. The zero-order valence-electron chi connectivity index (χ0n) is 18.2. The third-order valence-corrected chi connectivity index (χ3v) is 4.08. The summed E-state index contributed by atoms with van der Waals surface area (Å²) in [4.78, 5) is 62.3. The third-order valence-electron chi connectivity index (χ3n) is 4.08. The molecule has 32 heavy (non-hydrogen) atoms. The molecule has 0 aliphatic rings. The molecule has 0 aromatic rings. The summed E-state index contributed by atoms with van der Waals surface area (Å²) in [6.07, 6.45) is 0.0783. The molecule has 3 amide bonds. The van der Waals surface area contributed by atoms with Gasteiger partial charge in [0, 0.05) is 6.54 Å². The highest BCUT2D eigenvalue weighted by molar-refractivity contribution is 5.93. The van der Waals surface area contributed by atoms with Crippen molar-refractivity contribution in [3.8, 4) is 0 Å². The van der Waals surface area contributed by atoms with Gasteiger partial charge in [0.1, 0.15) is 12.1 Å². The molecule has 0 saturated heterocycles. The van der Waals surface area contributed by atoms with Crippen LogP contribution in [0.4, 0.5) is 0 Å². The van der Waals surface area contributed by atoms with Crippen molar-refractivity contribution in [1.29, 1.82) is 0 Å². The fourth-order valence-electron chi connectivity index (χ4n) is 2.54. The van der Waals surface area contributed by atoms with Crippen molar-refractivity contribution >= 4 is 35.6 Å². The minimum absolute atomic E-state index is 0.0537. The highest BCUT2D eigenvalue weighted by Crippen LogP contribution is 2.06. The van der Waals surface area contributed by atoms with Gasteiger partial charge in [0.15, 0.2) is 5.96 Å². The Labute approximate surface area is 185 Å². The van der Waals surface area contributed by atoms with Crippen LogP contribution in [0, 0.1) is 5.92 Å². The molecule has 0 aromatic carbocycles. The second kappa shape index (κ2) is 14.6. The zero-order chi connectivity index (χ0) is 24.8. The van der Waals surface area contributed by atoms with E-state index >= 15 is 0 Å². The van der Waals surface area contributed by atoms with Gasteiger partial charge in [-0.25, -0.2) is 4.79 Å². The first-order chi connectivity index (χ1) is 14.8. The number of aliphatic carboxylic acids is 2. The van der Waals surface area contributed by atoms with E-state index in [-0.39, 0.29) is 24.7 Å². The van der Waals surface area contributed by atoms with Crippen LogP contribution in [0.3, 0.4) is 0 Å². The Bertz CT molecular complexity index is 708. The predicted octanol–water partition coefficient (Wildman–Crippen LogP) is -2.94. The summed E-state index contributed by atoms with van der Waals surface area (Å²) in [5, 5.41) is 24.7. The lowest BCUT2D eigenvalue weighted by atomic mass is 10.0. The van der Waals surface area contributed by atoms with E-state index in [1.54, 1.807) is 13.8 Å². The summed E-state index contributed by atoms with van der Waals surface area (Å²) >= 11 is 0. The minimum Gasteiger partial charge on any atom is -0.481 e. The van der Waals surface area contributed by atoms with Crippen LogP contribution in [-0.2, 0) is 24.0 Å². The molecule has 3 unspecified atom stereocenters. The number of amides is 3. The number of hydrogen-bond donors (Lipinski definition) is 8. The van der Waals surface area contributed by atoms with Crippen molar-refractivity contribution in [1.82, 2.24) is 16.0 Å². The number of nitrogens with one attached hydrogen (secondary N) is 3. The zero-order valence-corrected chi connectivity index (χ0v) is 18.2. The van der Waals surface area contributed by atoms with E-state index in [0.717, 1.165) is 0 Å². The maximum atomic E-state index is 12.4. The van der Waals surface area contributed by atoms with Gasteiger partial charge in [0.05, 0.1) is 19.0 Å². The van der Waals surface area contributed by atoms with E-state index in [1.807, 2.05) is 0 Å². The van der Waals surface area contributed by atoms with Crippen LogP contribution in [0.1, 0.15) is 39.5 Å².